The summed E-state index contributed by atoms with van der Waals surface area (Å²) in [5.41, 5.74) is 2.02. The third kappa shape index (κ3) is 5.47. The fraction of sp³-hybridized carbons (Fsp3) is 0.357. The Morgan fingerprint density at radius 1 is 1.32 bits per heavy atom. The summed E-state index contributed by atoms with van der Waals surface area (Å²) >= 11 is 4.20. The van der Waals surface area contributed by atoms with Crippen LogP contribution in [0.5, 0.6) is 5.88 Å². The monoisotopic (exact) mass is 342 g/mol. The standard InChI is InChI=1S/C14H18N2O4S2/c1-11-10-14(16-13-5-3-2-4-12(11)13)19-8-6-15-7-9-20-22(17,18)21/h2-5,10,15H,6-9H2,1H3,(H,17,18,21). The van der Waals surface area contributed by atoms with Crippen molar-refractivity contribution < 1.29 is 17.7 Å². The second-order valence-electron chi connectivity index (χ2n) is 4.64. The number of benzene rings is 1. The Balaban J connectivity index is 1.76. The molecule has 0 bridgehead atoms. The van der Waals surface area contributed by atoms with Gasteiger partial charge in [-0.25, -0.2) is 4.98 Å². The Hall–Kier alpha value is -1.32. The summed E-state index contributed by atoms with van der Waals surface area (Å²) in [6, 6.07) is 9.81. The van der Waals surface area contributed by atoms with E-state index < -0.39 is 9.05 Å². The number of ether oxygens (including phenoxy) is 1. The highest BCUT2D eigenvalue weighted by Crippen LogP contribution is 2.20. The molecule has 0 saturated carbocycles. The van der Waals surface area contributed by atoms with Crippen LogP contribution in [0.1, 0.15) is 5.56 Å². The van der Waals surface area contributed by atoms with Gasteiger partial charge in [-0.3, -0.25) is 8.74 Å². The predicted molar refractivity (Wildman–Crippen MR) is 88.9 cm³/mol. The SMILES string of the molecule is Cc1cc(OCCNCCOS(=O)(O)=S)nc2ccccc12. The van der Waals surface area contributed by atoms with E-state index in [-0.39, 0.29) is 6.61 Å². The van der Waals surface area contributed by atoms with Crippen molar-refractivity contribution in [2.24, 2.45) is 0 Å². The van der Waals surface area contributed by atoms with Crippen molar-refractivity contribution in [2.75, 3.05) is 26.3 Å². The van der Waals surface area contributed by atoms with Crippen LogP contribution in [0, 0.1) is 6.92 Å². The molecule has 1 aromatic carbocycles. The van der Waals surface area contributed by atoms with Gasteiger partial charge in [0.2, 0.25) is 5.88 Å². The average Bonchev–Trinajstić information content (AvgIpc) is 2.45. The van der Waals surface area contributed by atoms with Crippen molar-refractivity contribution in [3.63, 3.8) is 0 Å². The molecule has 1 aromatic heterocycles. The first-order chi connectivity index (χ1) is 10.5. The zero-order valence-electron chi connectivity index (χ0n) is 12.2. The minimum atomic E-state index is -3.53. The molecule has 0 aliphatic carbocycles. The summed E-state index contributed by atoms with van der Waals surface area (Å²) in [5, 5.41) is 4.13. The van der Waals surface area contributed by atoms with Gasteiger partial charge in [-0.05, 0) is 18.6 Å². The lowest BCUT2D eigenvalue weighted by atomic mass is 10.1. The number of rotatable bonds is 8. The van der Waals surface area contributed by atoms with Crippen LogP contribution in [-0.4, -0.2) is 40.0 Å². The smallest absolute Gasteiger partial charge is 0.266 e. The maximum Gasteiger partial charge on any atom is 0.266 e. The van der Waals surface area contributed by atoms with Gasteiger partial charge in [0.25, 0.3) is 9.05 Å². The molecule has 22 heavy (non-hydrogen) atoms. The maximum absolute atomic E-state index is 10.7. The van der Waals surface area contributed by atoms with E-state index >= 15 is 0 Å². The molecule has 8 heteroatoms. The number of pyridine rings is 1. The minimum absolute atomic E-state index is 0.0756. The third-order valence-electron chi connectivity index (χ3n) is 2.94. The number of aromatic nitrogens is 1. The predicted octanol–water partition coefficient (Wildman–Crippen LogP) is 1.66. The van der Waals surface area contributed by atoms with Crippen molar-refractivity contribution in [3.8, 4) is 5.88 Å². The summed E-state index contributed by atoms with van der Waals surface area (Å²) in [7, 11) is -3.53. The second-order valence-corrected chi connectivity index (χ2v) is 7.00. The van der Waals surface area contributed by atoms with Crippen molar-refractivity contribution in [2.45, 2.75) is 6.92 Å². The number of para-hydroxylation sites is 1. The van der Waals surface area contributed by atoms with E-state index in [9.17, 15) is 4.21 Å². The van der Waals surface area contributed by atoms with Crippen LogP contribution < -0.4 is 10.1 Å². The Bertz CT molecular complexity index is 735. The molecule has 2 N–H and O–H groups in total. The first-order valence-corrected chi connectivity index (χ1v) is 9.14. The molecular formula is C14H18N2O4S2. The Kier molecular flexibility index (Phi) is 6.04. The summed E-state index contributed by atoms with van der Waals surface area (Å²) in [4.78, 5) is 4.44. The Labute approximate surface area is 134 Å². The van der Waals surface area contributed by atoms with Gasteiger partial charge in [0.1, 0.15) is 6.61 Å². The molecule has 120 valence electrons. The van der Waals surface area contributed by atoms with Crippen LogP contribution >= 0.6 is 0 Å². The van der Waals surface area contributed by atoms with Crippen LogP contribution in [0.15, 0.2) is 30.3 Å². The van der Waals surface area contributed by atoms with Crippen LogP contribution in [0.4, 0.5) is 0 Å². The number of hydrogen-bond acceptors (Lipinski definition) is 6. The fourth-order valence-corrected chi connectivity index (χ4v) is 2.46. The van der Waals surface area contributed by atoms with Gasteiger partial charge in [0.15, 0.2) is 0 Å². The van der Waals surface area contributed by atoms with E-state index in [1.807, 2.05) is 37.3 Å². The number of hydrogen-bond donors (Lipinski definition) is 2. The topological polar surface area (TPSA) is 80.7 Å². The van der Waals surface area contributed by atoms with E-state index in [0.29, 0.717) is 25.6 Å². The van der Waals surface area contributed by atoms with E-state index in [4.69, 9.17) is 9.29 Å². The van der Waals surface area contributed by atoms with Crippen LogP contribution in [0.25, 0.3) is 10.9 Å². The molecule has 0 radical (unpaired) electrons. The molecule has 2 rings (SSSR count). The first kappa shape index (κ1) is 17.0. The normalized spacial score (nSPS) is 13.9. The van der Waals surface area contributed by atoms with Gasteiger partial charge in [0.05, 0.1) is 12.1 Å². The highest BCUT2D eigenvalue weighted by atomic mass is 32.9. The Morgan fingerprint density at radius 2 is 2.05 bits per heavy atom. The maximum atomic E-state index is 10.7. The Morgan fingerprint density at radius 3 is 2.82 bits per heavy atom. The largest absolute Gasteiger partial charge is 0.476 e. The number of aryl methyl sites for hydroxylation is 1. The van der Waals surface area contributed by atoms with E-state index in [2.05, 4.69) is 25.7 Å². The van der Waals surface area contributed by atoms with Crippen LogP contribution in [0.3, 0.4) is 0 Å². The van der Waals surface area contributed by atoms with Gasteiger partial charge >= 0.3 is 0 Å². The number of nitrogens with zero attached hydrogens (tertiary/aromatic N) is 1. The van der Waals surface area contributed by atoms with E-state index in [1.54, 1.807) is 0 Å². The molecule has 1 unspecified atom stereocenters. The van der Waals surface area contributed by atoms with Crippen molar-refractivity contribution in [1.29, 1.82) is 0 Å². The van der Waals surface area contributed by atoms with Crippen molar-refractivity contribution >= 4 is 31.1 Å². The molecule has 0 spiro atoms. The molecule has 0 amide bonds. The summed E-state index contributed by atoms with van der Waals surface area (Å²) in [5.74, 6) is 0.582. The molecular weight excluding hydrogens is 324 g/mol. The highest BCUT2D eigenvalue weighted by Gasteiger charge is 2.03. The molecule has 0 fully saturated rings. The van der Waals surface area contributed by atoms with Gasteiger partial charge in [-0.1, -0.05) is 18.2 Å². The van der Waals surface area contributed by atoms with Crippen LogP contribution in [0.2, 0.25) is 0 Å². The highest BCUT2D eigenvalue weighted by molar-refractivity contribution is 8.27. The summed E-state index contributed by atoms with van der Waals surface area (Å²) in [6.45, 7) is 3.52. The molecule has 0 aliphatic heterocycles. The average molecular weight is 342 g/mol. The lowest BCUT2D eigenvalue weighted by molar-refractivity contribution is 0.280. The fourth-order valence-electron chi connectivity index (χ4n) is 1.96. The molecule has 2 aromatic rings. The zero-order chi connectivity index (χ0) is 16.0. The van der Waals surface area contributed by atoms with Crippen LogP contribution in [-0.2, 0) is 24.4 Å². The number of nitrogens with one attached hydrogen (secondary N) is 1. The van der Waals surface area contributed by atoms with E-state index in [0.717, 1.165) is 16.5 Å². The lowest BCUT2D eigenvalue weighted by Crippen LogP contribution is -2.25. The summed E-state index contributed by atoms with van der Waals surface area (Å²) in [6.07, 6.45) is 0. The van der Waals surface area contributed by atoms with Crippen molar-refractivity contribution in [1.82, 2.24) is 10.3 Å². The third-order valence-corrected chi connectivity index (χ3v) is 3.69. The zero-order valence-corrected chi connectivity index (χ0v) is 13.8. The summed E-state index contributed by atoms with van der Waals surface area (Å²) < 4.78 is 29.6. The van der Waals surface area contributed by atoms with Gasteiger partial charge in [-0.2, -0.15) is 4.21 Å². The second kappa shape index (κ2) is 7.80. The molecule has 0 aliphatic rings. The molecule has 0 saturated heterocycles. The molecule has 1 heterocycles. The van der Waals surface area contributed by atoms with Crippen molar-refractivity contribution in [3.05, 3.63) is 35.9 Å². The van der Waals surface area contributed by atoms with Gasteiger partial charge in [0, 0.05) is 35.7 Å². The molecule has 1 atom stereocenters. The molecule has 6 nitrogen and oxygen atoms in total. The lowest BCUT2D eigenvalue weighted by Gasteiger charge is -2.09. The van der Waals surface area contributed by atoms with E-state index in [1.165, 1.54) is 0 Å². The number of fused-ring (bicyclic) bond motifs is 1. The van der Waals surface area contributed by atoms with Gasteiger partial charge < -0.3 is 10.1 Å². The van der Waals surface area contributed by atoms with Gasteiger partial charge in [-0.15, -0.1) is 0 Å². The first-order valence-electron chi connectivity index (χ1n) is 6.77. The minimum Gasteiger partial charge on any atom is -0.476 e. The quantitative estimate of drug-likeness (QED) is 0.706.